The van der Waals surface area contributed by atoms with Gasteiger partial charge < -0.3 is 20.3 Å². The van der Waals surface area contributed by atoms with Gasteiger partial charge in [-0.25, -0.2) is 14.6 Å². The van der Waals surface area contributed by atoms with Crippen LogP contribution in [0.4, 0.5) is 4.79 Å². The summed E-state index contributed by atoms with van der Waals surface area (Å²) in [5, 5.41) is 12.0. The van der Waals surface area contributed by atoms with Crippen molar-refractivity contribution in [3.8, 4) is 0 Å². The smallest absolute Gasteiger partial charge is 0.326 e. The summed E-state index contributed by atoms with van der Waals surface area (Å²) in [7, 11) is 0. The van der Waals surface area contributed by atoms with Gasteiger partial charge in [-0.2, -0.15) is 0 Å². The molecule has 110 valence electrons. The van der Waals surface area contributed by atoms with Gasteiger partial charge in [-0.05, 0) is 25.7 Å². The number of amides is 2. The first-order valence-electron chi connectivity index (χ1n) is 6.78. The maximum atomic E-state index is 12.2. The van der Waals surface area contributed by atoms with Crippen molar-refractivity contribution in [2.45, 2.75) is 38.8 Å². The Kier molecular flexibility index (Phi) is 4.26. The Morgan fingerprint density at radius 2 is 2.35 bits per heavy atom. The third kappa shape index (κ3) is 3.09. The van der Waals surface area contributed by atoms with Crippen LogP contribution in [0.3, 0.4) is 0 Å². The third-order valence-electron chi connectivity index (χ3n) is 3.68. The van der Waals surface area contributed by atoms with Gasteiger partial charge in [-0.15, -0.1) is 0 Å². The molecule has 3 atom stereocenters. The van der Waals surface area contributed by atoms with Gasteiger partial charge in [0.1, 0.15) is 11.9 Å². The minimum Gasteiger partial charge on any atom is -0.480 e. The molecule has 1 fully saturated rings. The Labute approximate surface area is 117 Å². The van der Waals surface area contributed by atoms with Gasteiger partial charge in [0.2, 0.25) is 0 Å². The first kappa shape index (κ1) is 14.4. The zero-order valence-electron chi connectivity index (χ0n) is 11.7. The Bertz CT molecular complexity index is 474. The largest absolute Gasteiger partial charge is 0.480 e. The molecule has 2 rings (SSSR count). The number of rotatable bonds is 3. The fraction of sp³-hybridized carbons (Fsp3) is 0.615. The molecule has 0 saturated carbocycles. The zero-order chi connectivity index (χ0) is 14.7. The number of imidazole rings is 1. The molecule has 0 spiro atoms. The Hall–Kier alpha value is -2.05. The molecule has 0 radical (unpaired) electrons. The lowest BCUT2D eigenvalue weighted by Gasteiger charge is -2.36. The normalized spacial score (nSPS) is 24.2. The van der Waals surface area contributed by atoms with Gasteiger partial charge in [0.15, 0.2) is 0 Å². The van der Waals surface area contributed by atoms with Crippen molar-refractivity contribution in [2.24, 2.45) is 5.92 Å². The molecule has 2 amide bonds. The Morgan fingerprint density at radius 1 is 1.60 bits per heavy atom. The fourth-order valence-electron chi connectivity index (χ4n) is 2.47. The van der Waals surface area contributed by atoms with Crippen LogP contribution in [0.2, 0.25) is 0 Å². The standard InChI is InChI=1S/C13H20N4O3/c1-8-3-6-17(10(7-8)12(18)19)13(20)16-9(2)11-14-4-5-15-11/h4-5,8-10H,3,6-7H2,1-2H3,(H,14,15)(H,16,20)(H,18,19). The number of piperidine rings is 1. The van der Waals surface area contributed by atoms with Crippen molar-refractivity contribution in [3.63, 3.8) is 0 Å². The van der Waals surface area contributed by atoms with Gasteiger partial charge in [-0.3, -0.25) is 0 Å². The molecule has 20 heavy (non-hydrogen) atoms. The number of carbonyl (C=O) groups is 2. The molecule has 1 aliphatic rings. The summed E-state index contributed by atoms with van der Waals surface area (Å²) in [5.41, 5.74) is 0. The molecule has 0 aromatic carbocycles. The lowest BCUT2D eigenvalue weighted by atomic mass is 9.93. The highest BCUT2D eigenvalue weighted by atomic mass is 16.4. The molecule has 1 aromatic rings. The molecule has 2 heterocycles. The first-order chi connectivity index (χ1) is 9.49. The van der Waals surface area contributed by atoms with Crippen LogP contribution in [0.25, 0.3) is 0 Å². The Morgan fingerprint density at radius 3 is 2.95 bits per heavy atom. The minimum absolute atomic E-state index is 0.286. The topological polar surface area (TPSA) is 98.3 Å². The van der Waals surface area contributed by atoms with E-state index >= 15 is 0 Å². The molecule has 7 heteroatoms. The predicted molar refractivity (Wildman–Crippen MR) is 72.1 cm³/mol. The van der Waals surface area contributed by atoms with E-state index in [-0.39, 0.29) is 12.1 Å². The number of nitrogens with zero attached hydrogens (tertiary/aromatic N) is 2. The summed E-state index contributed by atoms with van der Waals surface area (Å²) in [6, 6.07) is -1.39. The van der Waals surface area contributed by atoms with Crippen LogP contribution in [0.15, 0.2) is 12.4 Å². The van der Waals surface area contributed by atoms with Crippen LogP contribution >= 0.6 is 0 Å². The van der Waals surface area contributed by atoms with Gasteiger partial charge in [0.05, 0.1) is 6.04 Å². The summed E-state index contributed by atoms with van der Waals surface area (Å²) in [6.07, 6.45) is 4.62. The van der Waals surface area contributed by atoms with Crippen LogP contribution in [0.1, 0.15) is 38.6 Å². The summed E-state index contributed by atoms with van der Waals surface area (Å²) in [5.74, 6) is 0.0237. The van der Waals surface area contributed by atoms with Crippen molar-refractivity contribution in [1.82, 2.24) is 20.2 Å². The highest BCUT2D eigenvalue weighted by Crippen LogP contribution is 2.23. The molecule has 3 N–H and O–H groups in total. The van der Waals surface area contributed by atoms with E-state index in [9.17, 15) is 14.7 Å². The number of carboxylic acid groups (broad SMARTS) is 1. The molecule has 0 bridgehead atoms. The van der Waals surface area contributed by atoms with Gasteiger partial charge in [0, 0.05) is 18.9 Å². The highest BCUT2D eigenvalue weighted by Gasteiger charge is 2.35. The van der Waals surface area contributed by atoms with Crippen molar-refractivity contribution in [2.75, 3.05) is 6.54 Å². The number of hydrogen-bond acceptors (Lipinski definition) is 3. The first-order valence-corrected chi connectivity index (χ1v) is 6.78. The number of nitrogens with one attached hydrogen (secondary N) is 2. The molecular formula is C13H20N4O3. The lowest BCUT2D eigenvalue weighted by molar-refractivity contribution is -0.143. The lowest BCUT2D eigenvalue weighted by Crippen LogP contribution is -2.53. The van der Waals surface area contributed by atoms with Crippen LogP contribution < -0.4 is 5.32 Å². The minimum atomic E-state index is -0.947. The number of urea groups is 1. The van der Waals surface area contributed by atoms with E-state index in [4.69, 9.17) is 0 Å². The number of aliphatic carboxylic acids is 1. The van der Waals surface area contributed by atoms with E-state index in [1.807, 2.05) is 6.92 Å². The molecule has 1 saturated heterocycles. The number of aromatic nitrogens is 2. The highest BCUT2D eigenvalue weighted by molar-refractivity contribution is 5.83. The molecule has 0 aliphatic carbocycles. The number of hydrogen-bond donors (Lipinski definition) is 3. The van der Waals surface area contributed by atoms with Crippen molar-refractivity contribution in [3.05, 3.63) is 18.2 Å². The number of likely N-dealkylation sites (tertiary alicyclic amines) is 1. The number of carbonyl (C=O) groups excluding carboxylic acids is 1. The fourth-order valence-corrected chi connectivity index (χ4v) is 2.47. The second-order valence-electron chi connectivity index (χ2n) is 5.32. The molecule has 7 nitrogen and oxygen atoms in total. The quantitative estimate of drug-likeness (QED) is 0.778. The molecule has 1 aliphatic heterocycles. The van der Waals surface area contributed by atoms with E-state index < -0.39 is 12.0 Å². The number of carboxylic acids is 1. The van der Waals surface area contributed by atoms with E-state index in [1.165, 1.54) is 4.90 Å². The predicted octanol–water partition coefficient (Wildman–Crippen LogP) is 1.37. The van der Waals surface area contributed by atoms with Crippen LogP contribution in [-0.2, 0) is 4.79 Å². The van der Waals surface area contributed by atoms with E-state index in [0.717, 1.165) is 6.42 Å². The maximum Gasteiger partial charge on any atom is 0.326 e. The van der Waals surface area contributed by atoms with E-state index in [1.54, 1.807) is 19.3 Å². The van der Waals surface area contributed by atoms with Crippen molar-refractivity contribution in [1.29, 1.82) is 0 Å². The average Bonchev–Trinajstić information content (AvgIpc) is 2.92. The average molecular weight is 280 g/mol. The summed E-state index contributed by atoms with van der Waals surface area (Å²) in [6.45, 7) is 4.28. The third-order valence-corrected chi connectivity index (χ3v) is 3.68. The molecular weight excluding hydrogens is 260 g/mol. The second kappa shape index (κ2) is 5.94. The van der Waals surface area contributed by atoms with Crippen LogP contribution in [-0.4, -0.2) is 44.6 Å². The number of H-pyrrole nitrogens is 1. The second-order valence-corrected chi connectivity index (χ2v) is 5.32. The SMILES string of the molecule is CC1CCN(C(=O)NC(C)c2ncc[nH]2)C(C(=O)O)C1. The number of aromatic amines is 1. The monoisotopic (exact) mass is 280 g/mol. The summed E-state index contributed by atoms with van der Waals surface area (Å²) < 4.78 is 0. The molecule has 3 unspecified atom stereocenters. The van der Waals surface area contributed by atoms with Gasteiger partial charge >= 0.3 is 12.0 Å². The van der Waals surface area contributed by atoms with Crippen molar-refractivity contribution >= 4 is 12.0 Å². The van der Waals surface area contributed by atoms with Gasteiger partial charge in [-0.1, -0.05) is 6.92 Å². The maximum absolute atomic E-state index is 12.2. The van der Waals surface area contributed by atoms with Crippen molar-refractivity contribution < 1.29 is 14.7 Å². The zero-order valence-corrected chi connectivity index (χ0v) is 11.7. The Balaban J connectivity index is 2.01. The van der Waals surface area contributed by atoms with Crippen LogP contribution in [0.5, 0.6) is 0 Å². The van der Waals surface area contributed by atoms with E-state index in [2.05, 4.69) is 15.3 Å². The van der Waals surface area contributed by atoms with Crippen LogP contribution in [0, 0.1) is 5.92 Å². The summed E-state index contributed by atoms with van der Waals surface area (Å²) in [4.78, 5) is 31.9. The van der Waals surface area contributed by atoms with E-state index in [0.29, 0.717) is 24.7 Å². The van der Waals surface area contributed by atoms with Gasteiger partial charge in [0.25, 0.3) is 0 Å². The summed E-state index contributed by atoms with van der Waals surface area (Å²) >= 11 is 0. The molecule has 1 aromatic heterocycles.